The topological polar surface area (TPSA) is 99.0 Å². The lowest BCUT2D eigenvalue weighted by Gasteiger charge is -2.22. The van der Waals surface area contributed by atoms with Crippen molar-refractivity contribution in [3.8, 4) is 17.2 Å². The van der Waals surface area contributed by atoms with Gasteiger partial charge in [0, 0.05) is 34.6 Å². The van der Waals surface area contributed by atoms with Crippen LogP contribution < -0.4 is 14.8 Å². The van der Waals surface area contributed by atoms with Crippen molar-refractivity contribution in [2.75, 3.05) is 20.8 Å². The minimum atomic E-state index is -0.763. The molecule has 0 saturated heterocycles. The van der Waals surface area contributed by atoms with Crippen LogP contribution in [0.15, 0.2) is 54.7 Å². The summed E-state index contributed by atoms with van der Waals surface area (Å²) in [7, 11) is 3.27. The molecule has 2 N–H and O–H groups in total. The van der Waals surface area contributed by atoms with E-state index in [1.165, 1.54) is 0 Å². The predicted molar refractivity (Wildman–Crippen MR) is 146 cm³/mol. The van der Waals surface area contributed by atoms with Gasteiger partial charge in [0.2, 0.25) is 6.41 Å². The molecule has 0 bridgehead atoms. The number of benzene rings is 2. The van der Waals surface area contributed by atoms with Gasteiger partial charge < -0.3 is 29.2 Å². The van der Waals surface area contributed by atoms with E-state index in [1.807, 2.05) is 55.6 Å². The number of carboxylic acid groups (broad SMARTS) is 1. The smallest absolute Gasteiger partial charge is 0.306 e. The van der Waals surface area contributed by atoms with Crippen molar-refractivity contribution in [1.29, 1.82) is 0 Å². The first-order chi connectivity index (χ1) is 18.4. The lowest BCUT2D eigenvalue weighted by molar-refractivity contribution is -0.142. The number of rotatable bonds is 11. The summed E-state index contributed by atoms with van der Waals surface area (Å²) in [5.41, 5.74) is 4.05. The maximum absolute atomic E-state index is 10.7. The highest BCUT2D eigenvalue weighted by Gasteiger charge is 2.28. The number of unbranched alkanes of at least 4 members (excludes halogenated alkanes) is 1. The Morgan fingerprint density at radius 3 is 2.68 bits per heavy atom. The van der Waals surface area contributed by atoms with Crippen LogP contribution in [0, 0.1) is 5.92 Å². The summed E-state index contributed by atoms with van der Waals surface area (Å²) in [5, 5.41) is 11.9. The molecule has 204 valence electrons. The molecule has 2 aromatic carbocycles. The summed E-state index contributed by atoms with van der Waals surface area (Å²) in [5.74, 6) is 0.275. The number of ether oxygens (including phenoxy) is 3. The Kier molecular flexibility index (Phi) is 11.1. The maximum Gasteiger partial charge on any atom is 0.306 e. The molecule has 0 aliphatic carbocycles. The highest BCUT2D eigenvalue weighted by atomic mass is 35.5. The van der Waals surface area contributed by atoms with E-state index >= 15 is 0 Å². The van der Waals surface area contributed by atoms with Crippen LogP contribution in [0.3, 0.4) is 0 Å². The molecule has 2 heterocycles. The van der Waals surface area contributed by atoms with Crippen LogP contribution in [0.25, 0.3) is 5.69 Å². The van der Waals surface area contributed by atoms with E-state index in [0.29, 0.717) is 48.9 Å². The molecule has 4 rings (SSSR count). The molecule has 3 aromatic rings. The molecule has 0 spiro atoms. The van der Waals surface area contributed by atoms with Gasteiger partial charge >= 0.3 is 5.97 Å². The minimum Gasteiger partial charge on any atom is -0.493 e. The number of carboxylic acids is 1. The van der Waals surface area contributed by atoms with E-state index < -0.39 is 5.97 Å². The molecule has 38 heavy (non-hydrogen) atoms. The molecule has 2 atom stereocenters. The number of hydrogen-bond acceptors (Lipinski definition) is 5. The number of amides is 1. The van der Waals surface area contributed by atoms with Crippen LogP contribution in [0.5, 0.6) is 11.5 Å². The van der Waals surface area contributed by atoms with Crippen molar-refractivity contribution in [2.45, 2.75) is 45.3 Å². The summed E-state index contributed by atoms with van der Waals surface area (Å²) in [6, 6.07) is 15.8. The minimum absolute atomic E-state index is 0.307. The molecular formula is C29H35ClN2O6. The van der Waals surface area contributed by atoms with Crippen LogP contribution in [0.4, 0.5) is 0 Å². The molecule has 1 amide bonds. The average Bonchev–Trinajstić information content (AvgIpc) is 3.33. The number of hydrogen-bond donors (Lipinski definition) is 2. The molecule has 1 aliphatic rings. The fourth-order valence-corrected chi connectivity index (χ4v) is 4.70. The van der Waals surface area contributed by atoms with Gasteiger partial charge in [0.25, 0.3) is 0 Å². The third-order valence-electron chi connectivity index (χ3n) is 6.45. The van der Waals surface area contributed by atoms with Crippen LogP contribution in [-0.2, 0) is 20.9 Å². The summed E-state index contributed by atoms with van der Waals surface area (Å²) >= 11 is 6.30. The van der Waals surface area contributed by atoms with Gasteiger partial charge in [-0.3, -0.25) is 9.59 Å². The van der Waals surface area contributed by atoms with E-state index in [1.54, 1.807) is 14.2 Å². The second-order valence-corrected chi connectivity index (χ2v) is 9.32. The van der Waals surface area contributed by atoms with Gasteiger partial charge in [-0.1, -0.05) is 43.5 Å². The summed E-state index contributed by atoms with van der Waals surface area (Å²) in [6.07, 6.45) is 5.48. The monoisotopic (exact) mass is 542 g/mol. The molecule has 9 heteroatoms. The molecule has 0 radical (unpaired) electrons. The fraction of sp³-hybridized carbons (Fsp3) is 0.379. The number of aromatic nitrogens is 1. The first-order valence-corrected chi connectivity index (χ1v) is 13.0. The highest BCUT2D eigenvalue weighted by Crippen LogP contribution is 2.43. The zero-order chi connectivity index (χ0) is 27.5. The van der Waals surface area contributed by atoms with Gasteiger partial charge in [-0.2, -0.15) is 0 Å². The van der Waals surface area contributed by atoms with Gasteiger partial charge in [0.1, 0.15) is 6.10 Å². The second-order valence-electron chi connectivity index (χ2n) is 8.88. The van der Waals surface area contributed by atoms with Crippen molar-refractivity contribution in [1.82, 2.24) is 9.88 Å². The first kappa shape index (κ1) is 29.1. The Hall–Kier alpha value is -3.49. The van der Waals surface area contributed by atoms with E-state index in [4.69, 9.17) is 30.9 Å². The Bertz CT molecular complexity index is 1210. The molecule has 2 unspecified atom stereocenters. The molecular weight excluding hydrogens is 508 g/mol. The first-order valence-electron chi connectivity index (χ1n) is 12.6. The number of methoxy groups -OCH3 is 2. The van der Waals surface area contributed by atoms with Gasteiger partial charge in [-0.25, -0.2) is 0 Å². The van der Waals surface area contributed by atoms with Crippen LogP contribution in [-0.4, -0.2) is 42.8 Å². The number of nitrogens with zero attached hydrogens (tertiary/aromatic N) is 1. The SMILES string of the molecule is CCCCC(CCNC=O)C(=O)O.COc1cccc(C2OCc3cccn3-c3ccc(Cl)cc32)c1OC. The van der Waals surface area contributed by atoms with Crippen molar-refractivity contribution >= 4 is 24.0 Å². The number of nitrogens with one attached hydrogen (secondary N) is 1. The Balaban J connectivity index is 0.000000263. The van der Waals surface area contributed by atoms with Gasteiger partial charge in [0.05, 0.1) is 32.4 Å². The van der Waals surface area contributed by atoms with Crippen molar-refractivity contribution in [3.05, 3.63) is 76.6 Å². The van der Waals surface area contributed by atoms with Crippen molar-refractivity contribution in [3.63, 3.8) is 0 Å². The molecule has 1 aromatic heterocycles. The largest absolute Gasteiger partial charge is 0.493 e. The Labute approximate surface area is 228 Å². The number of fused-ring (bicyclic) bond motifs is 3. The number of halogens is 1. The fourth-order valence-electron chi connectivity index (χ4n) is 4.52. The van der Waals surface area contributed by atoms with Gasteiger partial charge in [0.15, 0.2) is 11.5 Å². The average molecular weight is 543 g/mol. The molecule has 0 fully saturated rings. The van der Waals surface area contributed by atoms with Crippen LogP contribution in [0.1, 0.15) is 55.5 Å². The van der Waals surface area contributed by atoms with Gasteiger partial charge in [-0.05, 0) is 49.2 Å². The van der Waals surface area contributed by atoms with Crippen molar-refractivity contribution in [2.24, 2.45) is 5.92 Å². The number of carbonyl (C=O) groups excluding carboxylic acids is 1. The zero-order valence-corrected chi connectivity index (χ0v) is 22.7. The third kappa shape index (κ3) is 7.08. The zero-order valence-electron chi connectivity index (χ0n) is 22.0. The van der Waals surface area contributed by atoms with Crippen molar-refractivity contribution < 1.29 is 28.9 Å². The third-order valence-corrected chi connectivity index (χ3v) is 6.69. The number of para-hydroxylation sites is 1. The maximum atomic E-state index is 10.7. The quantitative estimate of drug-likeness (QED) is 0.235. The highest BCUT2D eigenvalue weighted by molar-refractivity contribution is 6.30. The van der Waals surface area contributed by atoms with E-state index in [9.17, 15) is 9.59 Å². The Morgan fingerprint density at radius 2 is 2.00 bits per heavy atom. The lowest BCUT2D eigenvalue weighted by Crippen LogP contribution is -2.21. The standard InChI is InChI=1S/C20H18ClNO3.C9H17NO3/c1-23-18-7-3-6-15(20(18)24-2)19-16-11-13(21)8-9-17(16)22-10-4-5-14(22)12-25-19;1-2-3-4-8(9(12)13)5-6-10-7-11/h3-11,19H,12H2,1-2H3;7-8H,2-6H2,1H3,(H,10,11)(H,12,13). The molecule has 1 aliphatic heterocycles. The predicted octanol–water partition coefficient (Wildman–Crippen LogP) is 5.78. The summed E-state index contributed by atoms with van der Waals surface area (Å²) in [4.78, 5) is 20.6. The van der Waals surface area contributed by atoms with Crippen LogP contribution >= 0.6 is 11.6 Å². The Morgan fingerprint density at radius 1 is 1.18 bits per heavy atom. The number of carbonyl (C=O) groups is 2. The molecule has 0 saturated carbocycles. The lowest BCUT2D eigenvalue weighted by atomic mass is 9.98. The van der Waals surface area contributed by atoms with E-state index in [-0.39, 0.29) is 12.0 Å². The second kappa shape index (κ2) is 14.4. The molecule has 8 nitrogen and oxygen atoms in total. The van der Waals surface area contributed by atoms with Gasteiger partial charge in [-0.15, -0.1) is 0 Å². The summed E-state index contributed by atoms with van der Waals surface area (Å²) in [6.45, 7) is 2.97. The van der Waals surface area contributed by atoms with E-state index in [0.717, 1.165) is 35.3 Å². The van der Waals surface area contributed by atoms with E-state index in [2.05, 4.69) is 16.0 Å². The number of aliphatic carboxylic acids is 1. The normalized spacial score (nSPS) is 14.6. The van der Waals surface area contributed by atoms with Crippen LogP contribution in [0.2, 0.25) is 5.02 Å². The summed E-state index contributed by atoms with van der Waals surface area (Å²) < 4.78 is 19.5.